The normalized spacial score (nSPS) is 23.5. The van der Waals surface area contributed by atoms with Gasteiger partial charge in [0.2, 0.25) is 17.7 Å². The molecule has 3 aliphatic rings. The molecule has 13 nitrogen and oxygen atoms in total. The molecule has 6 rings (SSSR count). The third-order valence-corrected chi connectivity index (χ3v) is 11.5. The van der Waals surface area contributed by atoms with Crippen LogP contribution < -0.4 is 21.3 Å². The lowest BCUT2D eigenvalue weighted by Gasteiger charge is -2.42. The number of rotatable bonds is 9. The number of hydrogen-bond donors (Lipinski definition) is 4. The Morgan fingerprint density at radius 1 is 1.08 bits per heavy atom. The van der Waals surface area contributed by atoms with Crippen LogP contribution in [0.25, 0.3) is 10.4 Å². The van der Waals surface area contributed by atoms with E-state index in [0.29, 0.717) is 23.5 Å². The van der Waals surface area contributed by atoms with E-state index in [-0.39, 0.29) is 55.4 Å². The number of β-amino-alcohol motifs (C(OH)–C–C–N with tert-alkyl or cyclic N) is 1. The van der Waals surface area contributed by atoms with Gasteiger partial charge in [0.15, 0.2) is 5.82 Å². The number of benzene rings is 1. The summed E-state index contributed by atoms with van der Waals surface area (Å²) in [7, 11) is 0. The molecule has 1 aromatic carbocycles. The molecule has 2 bridgehead atoms. The highest BCUT2D eigenvalue weighted by atomic mass is 79.9. The van der Waals surface area contributed by atoms with Crippen LogP contribution in [0.15, 0.2) is 40.4 Å². The van der Waals surface area contributed by atoms with E-state index in [1.54, 1.807) is 11.3 Å². The van der Waals surface area contributed by atoms with E-state index in [4.69, 9.17) is 5.73 Å². The number of carbonyl (C=O) groups excluding carboxylic acids is 3. The molecule has 5 heterocycles. The molecular formula is C35H46BrN9O4S. The number of piperazine rings is 1. The Balaban J connectivity index is 1.09. The van der Waals surface area contributed by atoms with Crippen molar-refractivity contribution in [1.82, 2.24) is 35.6 Å². The Kier molecular flexibility index (Phi) is 10.5. The van der Waals surface area contributed by atoms with Crippen LogP contribution in [-0.4, -0.2) is 104 Å². The lowest BCUT2D eigenvalue weighted by Crippen LogP contribution is -2.60. The zero-order valence-electron chi connectivity index (χ0n) is 29.1. The number of amides is 3. The van der Waals surface area contributed by atoms with Gasteiger partial charge in [-0.1, -0.05) is 45.0 Å². The number of anilines is 2. The van der Waals surface area contributed by atoms with Gasteiger partial charge in [0, 0.05) is 38.1 Å². The van der Waals surface area contributed by atoms with E-state index >= 15 is 0 Å². The molecule has 2 aromatic heterocycles. The average Bonchev–Trinajstić information content (AvgIpc) is 3.74. The highest BCUT2D eigenvalue weighted by molar-refractivity contribution is 9.10. The summed E-state index contributed by atoms with van der Waals surface area (Å²) in [5.74, 6) is -0.591. The fraction of sp³-hybridized carbons (Fsp3) is 0.543. The summed E-state index contributed by atoms with van der Waals surface area (Å²) in [6.45, 7) is 11.1. The summed E-state index contributed by atoms with van der Waals surface area (Å²) in [5.41, 5.74) is 11.1. The number of nitrogens with two attached hydrogens (primary N) is 1. The average molecular weight is 769 g/mol. The highest BCUT2D eigenvalue weighted by Gasteiger charge is 2.46. The summed E-state index contributed by atoms with van der Waals surface area (Å²) < 4.78 is 0.612. The van der Waals surface area contributed by atoms with Gasteiger partial charge in [-0.2, -0.15) is 0 Å². The topological polar surface area (TPSA) is 170 Å². The molecular weight excluding hydrogens is 722 g/mol. The maximum atomic E-state index is 14.2. The summed E-state index contributed by atoms with van der Waals surface area (Å²) in [5, 5.41) is 24.7. The first-order chi connectivity index (χ1) is 23.7. The first kappa shape index (κ1) is 36.1. The number of thiazole rings is 1. The Hall–Kier alpha value is -3.66. The van der Waals surface area contributed by atoms with Crippen molar-refractivity contribution in [3.05, 3.63) is 51.7 Å². The van der Waals surface area contributed by atoms with Gasteiger partial charge >= 0.3 is 0 Å². The number of aliphatic hydroxyl groups is 1. The van der Waals surface area contributed by atoms with E-state index < -0.39 is 23.6 Å². The third kappa shape index (κ3) is 7.65. The molecule has 3 aliphatic heterocycles. The minimum absolute atomic E-state index is 0.0197. The molecule has 3 saturated heterocycles. The number of nitrogen functional groups attached to an aromatic ring is 1. The maximum absolute atomic E-state index is 14.2. The van der Waals surface area contributed by atoms with Crippen LogP contribution in [0.4, 0.5) is 11.5 Å². The van der Waals surface area contributed by atoms with Crippen LogP contribution in [0.5, 0.6) is 0 Å². The van der Waals surface area contributed by atoms with Gasteiger partial charge in [-0.25, -0.2) is 4.98 Å². The number of aliphatic hydroxyl groups excluding tert-OH is 1. The zero-order valence-corrected chi connectivity index (χ0v) is 31.5. The van der Waals surface area contributed by atoms with Crippen LogP contribution in [0.1, 0.15) is 64.3 Å². The number of likely N-dealkylation sites (tertiary alicyclic amines) is 1. The van der Waals surface area contributed by atoms with Crippen LogP contribution in [0, 0.1) is 12.3 Å². The van der Waals surface area contributed by atoms with E-state index in [9.17, 15) is 19.5 Å². The predicted molar refractivity (Wildman–Crippen MR) is 196 cm³/mol. The number of aryl methyl sites for hydroxylation is 1. The number of nitrogens with one attached hydrogen (secondary N) is 2. The lowest BCUT2D eigenvalue weighted by molar-refractivity contribution is -0.144. The fourth-order valence-electron chi connectivity index (χ4n) is 7.45. The molecule has 0 saturated carbocycles. The largest absolute Gasteiger partial charge is 0.391 e. The first-order valence-corrected chi connectivity index (χ1v) is 18.7. The predicted octanol–water partition coefficient (Wildman–Crippen LogP) is 3.28. The number of halogens is 1. The van der Waals surface area contributed by atoms with Gasteiger partial charge in [0.25, 0.3) is 0 Å². The van der Waals surface area contributed by atoms with Gasteiger partial charge < -0.3 is 31.3 Å². The number of carbonyl (C=O) groups is 3. The van der Waals surface area contributed by atoms with Gasteiger partial charge in [0.1, 0.15) is 16.7 Å². The second-order valence-electron chi connectivity index (χ2n) is 14.8. The molecule has 5 N–H and O–H groups in total. The van der Waals surface area contributed by atoms with Gasteiger partial charge in [-0.3, -0.25) is 19.3 Å². The number of aromatic nitrogens is 3. The standard InChI is InChI=1S/C35H46BrN9O4S/c1-19(21-6-8-22(9-7-21)30-20(2)38-18-50-30)39-33(48)27-12-25(46)16-45(27)34(49)31(35(3,4)5)40-29(47)17-44-23-10-11-24(44)15-43(14-23)26-13-28(36)41-42-32(26)37/h6-9,13,18-19,23-25,27,31,46H,10-12,14-17H2,1-5H3,(H2,37,42)(H,39,48)(H,40,47)/t19-,23?,24?,25+,27-,31+/m0/s1. The minimum atomic E-state index is -0.894. The van der Waals surface area contributed by atoms with Gasteiger partial charge in [0.05, 0.1) is 40.5 Å². The summed E-state index contributed by atoms with van der Waals surface area (Å²) in [6, 6.07) is 8.08. The quantitative estimate of drug-likeness (QED) is 0.254. The van der Waals surface area contributed by atoms with Crippen molar-refractivity contribution < 1.29 is 19.5 Å². The van der Waals surface area contributed by atoms with E-state index in [0.717, 1.165) is 40.2 Å². The van der Waals surface area contributed by atoms with Crippen molar-refractivity contribution in [2.24, 2.45) is 5.41 Å². The highest BCUT2D eigenvalue weighted by Crippen LogP contribution is 2.35. The number of hydrogen-bond acceptors (Lipinski definition) is 11. The van der Waals surface area contributed by atoms with Crippen molar-refractivity contribution in [3.8, 4) is 10.4 Å². The van der Waals surface area contributed by atoms with Crippen molar-refractivity contribution in [1.29, 1.82) is 0 Å². The Labute approximate surface area is 305 Å². The Bertz CT molecular complexity index is 1720. The smallest absolute Gasteiger partial charge is 0.246 e. The molecule has 0 aliphatic carbocycles. The van der Waals surface area contributed by atoms with Gasteiger partial charge in [-0.15, -0.1) is 21.5 Å². The van der Waals surface area contributed by atoms with E-state index in [1.807, 2.05) is 70.5 Å². The van der Waals surface area contributed by atoms with Crippen molar-refractivity contribution in [2.75, 3.05) is 36.8 Å². The van der Waals surface area contributed by atoms with Crippen molar-refractivity contribution in [3.63, 3.8) is 0 Å². The van der Waals surface area contributed by atoms with Crippen molar-refractivity contribution in [2.45, 2.75) is 90.2 Å². The van der Waals surface area contributed by atoms with Crippen LogP contribution in [0.2, 0.25) is 0 Å². The first-order valence-electron chi connectivity index (χ1n) is 17.1. The summed E-state index contributed by atoms with van der Waals surface area (Å²) in [6.07, 6.45) is 1.18. The second-order valence-corrected chi connectivity index (χ2v) is 16.4. The summed E-state index contributed by atoms with van der Waals surface area (Å²) in [4.78, 5) is 52.8. The molecule has 15 heteroatoms. The molecule has 2 unspecified atom stereocenters. The lowest BCUT2D eigenvalue weighted by atomic mass is 9.85. The molecule has 6 atom stereocenters. The zero-order chi connectivity index (χ0) is 35.9. The molecule has 50 heavy (non-hydrogen) atoms. The van der Waals surface area contributed by atoms with Crippen LogP contribution >= 0.6 is 27.3 Å². The molecule has 3 amide bonds. The van der Waals surface area contributed by atoms with E-state index in [1.165, 1.54) is 4.90 Å². The third-order valence-electron chi connectivity index (χ3n) is 10.1. The van der Waals surface area contributed by atoms with Crippen molar-refractivity contribution >= 4 is 56.5 Å². The number of fused-ring (bicyclic) bond motifs is 2. The minimum Gasteiger partial charge on any atom is -0.391 e. The number of nitrogens with zero attached hydrogens (tertiary/aromatic N) is 6. The fourth-order valence-corrected chi connectivity index (χ4v) is 8.56. The molecule has 0 spiro atoms. The van der Waals surface area contributed by atoms with Crippen LogP contribution in [0.3, 0.4) is 0 Å². The Morgan fingerprint density at radius 3 is 2.38 bits per heavy atom. The monoisotopic (exact) mass is 767 g/mol. The van der Waals surface area contributed by atoms with Gasteiger partial charge in [-0.05, 0) is 65.2 Å². The van der Waals surface area contributed by atoms with Crippen LogP contribution in [-0.2, 0) is 14.4 Å². The SMILES string of the molecule is Cc1ncsc1-c1ccc([C@H](C)NC(=O)[C@@H]2C[C@@H](O)CN2C(=O)[C@@H](NC(=O)CN2C3CCC2CN(c2cc(Br)nnc2N)C3)C(C)(C)C)cc1. The molecule has 268 valence electrons. The van der Waals surface area contributed by atoms with E-state index in [2.05, 4.69) is 51.5 Å². The Morgan fingerprint density at radius 2 is 1.76 bits per heavy atom. The molecule has 3 aromatic rings. The second kappa shape index (κ2) is 14.5. The molecule has 3 fully saturated rings. The molecule has 0 radical (unpaired) electrons. The summed E-state index contributed by atoms with van der Waals surface area (Å²) >= 11 is 4.97. The maximum Gasteiger partial charge on any atom is 0.246 e.